The summed E-state index contributed by atoms with van der Waals surface area (Å²) in [4.78, 5) is 21.9. The van der Waals surface area contributed by atoms with Crippen LogP contribution in [0.5, 0.6) is 0 Å². The summed E-state index contributed by atoms with van der Waals surface area (Å²) in [5, 5.41) is 10.8. The lowest BCUT2D eigenvalue weighted by Crippen LogP contribution is -2.12. The van der Waals surface area contributed by atoms with Crippen LogP contribution in [0.1, 0.15) is 16.9 Å². The predicted molar refractivity (Wildman–Crippen MR) is 63.6 cm³/mol. The van der Waals surface area contributed by atoms with Crippen molar-refractivity contribution < 1.29 is 22.5 Å². The van der Waals surface area contributed by atoms with Gasteiger partial charge in [-0.3, -0.25) is 14.9 Å². The molecular formula is C12H8F3NO4. The van der Waals surface area contributed by atoms with E-state index in [2.05, 4.69) is 4.42 Å². The van der Waals surface area contributed by atoms with Gasteiger partial charge in [0.15, 0.2) is 5.43 Å². The predicted octanol–water partition coefficient (Wildman–Crippen LogP) is 3.34. The number of hydrogen-bond donors (Lipinski definition) is 0. The minimum atomic E-state index is -4.89. The van der Waals surface area contributed by atoms with Crippen molar-refractivity contribution in [3.63, 3.8) is 0 Å². The molecule has 0 amide bonds. The van der Waals surface area contributed by atoms with Crippen LogP contribution >= 0.6 is 0 Å². The topological polar surface area (TPSA) is 73.3 Å². The van der Waals surface area contributed by atoms with Crippen LogP contribution in [0.15, 0.2) is 21.3 Å². The Labute approximate surface area is 109 Å². The maximum atomic E-state index is 12.6. The van der Waals surface area contributed by atoms with Gasteiger partial charge in [-0.15, -0.1) is 0 Å². The van der Waals surface area contributed by atoms with E-state index in [1.807, 2.05) is 0 Å². The van der Waals surface area contributed by atoms with E-state index in [1.54, 1.807) is 0 Å². The van der Waals surface area contributed by atoms with Crippen LogP contribution in [0.25, 0.3) is 11.0 Å². The number of rotatable bonds is 1. The molecule has 106 valence electrons. The van der Waals surface area contributed by atoms with Crippen molar-refractivity contribution in [1.82, 2.24) is 0 Å². The lowest BCUT2D eigenvalue weighted by molar-refractivity contribution is -0.384. The molecule has 0 aliphatic carbocycles. The molecule has 0 N–H and O–H groups in total. The number of benzene rings is 1. The zero-order valence-corrected chi connectivity index (χ0v) is 10.4. The maximum absolute atomic E-state index is 12.6. The lowest BCUT2D eigenvalue weighted by Gasteiger charge is -2.09. The fourth-order valence-corrected chi connectivity index (χ4v) is 2.04. The average Bonchev–Trinajstić information content (AvgIpc) is 2.25. The van der Waals surface area contributed by atoms with Crippen molar-refractivity contribution in [2.75, 3.05) is 0 Å². The highest BCUT2D eigenvalue weighted by Crippen LogP contribution is 2.35. The highest BCUT2D eigenvalue weighted by Gasteiger charge is 2.36. The molecular weight excluding hydrogens is 279 g/mol. The van der Waals surface area contributed by atoms with E-state index in [4.69, 9.17) is 0 Å². The fraction of sp³-hybridized carbons (Fsp3) is 0.250. The zero-order valence-electron chi connectivity index (χ0n) is 10.4. The number of fused-ring (bicyclic) bond motifs is 1. The van der Waals surface area contributed by atoms with Crippen molar-refractivity contribution >= 4 is 16.7 Å². The number of halogens is 3. The van der Waals surface area contributed by atoms with E-state index >= 15 is 0 Å². The third-order valence-electron chi connectivity index (χ3n) is 2.83. The normalized spacial score (nSPS) is 11.8. The number of nitro benzene ring substituents is 1. The summed E-state index contributed by atoms with van der Waals surface area (Å²) in [6.45, 7) is 2.84. The molecule has 2 aromatic rings. The van der Waals surface area contributed by atoms with Crippen LogP contribution in [0.2, 0.25) is 0 Å². The van der Waals surface area contributed by atoms with E-state index in [0.29, 0.717) is 11.6 Å². The largest absolute Gasteiger partial charge is 0.449 e. The zero-order chi connectivity index (χ0) is 15.2. The van der Waals surface area contributed by atoms with Crippen LogP contribution in [0.3, 0.4) is 0 Å². The molecule has 5 nitrogen and oxygen atoms in total. The van der Waals surface area contributed by atoms with Gasteiger partial charge in [-0.1, -0.05) is 0 Å². The molecule has 0 aliphatic rings. The minimum absolute atomic E-state index is 0.127. The molecule has 1 aromatic carbocycles. The first-order valence-corrected chi connectivity index (χ1v) is 5.42. The minimum Gasteiger partial charge on any atom is -0.444 e. The van der Waals surface area contributed by atoms with Crippen molar-refractivity contribution in [3.05, 3.63) is 49.4 Å². The second-order valence-corrected chi connectivity index (χ2v) is 4.29. The molecule has 0 radical (unpaired) electrons. The maximum Gasteiger partial charge on any atom is 0.449 e. The summed E-state index contributed by atoms with van der Waals surface area (Å²) in [5.74, 6) is -1.55. The molecule has 2 rings (SSSR count). The van der Waals surface area contributed by atoms with E-state index in [-0.39, 0.29) is 10.9 Å². The monoisotopic (exact) mass is 287 g/mol. The van der Waals surface area contributed by atoms with Gasteiger partial charge >= 0.3 is 11.9 Å². The summed E-state index contributed by atoms with van der Waals surface area (Å²) in [7, 11) is 0. The Morgan fingerprint density at radius 2 is 1.80 bits per heavy atom. The van der Waals surface area contributed by atoms with E-state index in [0.717, 1.165) is 0 Å². The smallest absolute Gasteiger partial charge is 0.444 e. The highest BCUT2D eigenvalue weighted by atomic mass is 19.4. The standard InChI is InChI=1S/C12H8F3NO4/c1-5-3-6(2)10(16(18)19)11-9(5)7(17)4-8(20-11)12(13,14)15/h3-4H,1-2H3. The van der Waals surface area contributed by atoms with E-state index in [1.165, 1.54) is 19.9 Å². The Morgan fingerprint density at radius 3 is 2.30 bits per heavy atom. The van der Waals surface area contributed by atoms with Gasteiger partial charge in [0.25, 0.3) is 0 Å². The number of aryl methyl sites for hydroxylation is 2. The Kier molecular flexibility index (Phi) is 3.04. The van der Waals surface area contributed by atoms with Gasteiger partial charge < -0.3 is 4.42 Å². The number of alkyl halides is 3. The van der Waals surface area contributed by atoms with Gasteiger partial charge in [0.05, 0.1) is 10.3 Å². The molecule has 0 fully saturated rings. The summed E-state index contributed by atoms with van der Waals surface area (Å²) in [6.07, 6.45) is -4.89. The first-order chi connectivity index (χ1) is 9.12. The molecule has 0 spiro atoms. The van der Waals surface area contributed by atoms with Crippen LogP contribution in [-0.4, -0.2) is 4.92 Å². The lowest BCUT2D eigenvalue weighted by atomic mass is 10.0. The number of nitro groups is 1. The van der Waals surface area contributed by atoms with Crippen molar-refractivity contribution in [3.8, 4) is 0 Å². The Bertz CT molecular complexity index is 777. The quantitative estimate of drug-likeness (QED) is 0.595. The summed E-state index contributed by atoms with van der Waals surface area (Å²) < 4.78 is 42.5. The van der Waals surface area contributed by atoms with Crippen LogP contribution in [0, 0.1) is 24.0 Å². The number of nitrogens with zero attached hydrogens (tertiary/aromatic N) is 1. The van der Waals surface area contributed by atoms with Crippen LogP contribution < -0.4 is 5.43 Å². The molecule has 0 atom stereocenters. The molecule has 0 bridgehead atoms. The molecule has 1 aromatic heterocycles. The van der Waals surface area contributed by atoms with Gasteiger partial charge in [-0.2, -0.15) is 13.2 Å². The summed E-state index contributed by atoms with van der Waals surface area (Å²) in [5.41, 5.74) is -1.78. The highest BCUT2D eigenvalue weighted by molar-refractivity contribution is 5.89. The van der Waals surface area contributed by atoms with Gasteiger partial charge in [0.2, 0.25) is 11.3 Å². The molecule has 0 unspecified atom stereocenters. The summed E-state index contributed by atoms with van der Waals surface area (Å²) >= 11 is 0. The Hall–Kier alpha value is -2.38. The first-order valence-electron chi connectivity index (χ1n) is 5.42. The second kappa shape index (κ2) is 4.32. The van der Waals surface area contributed by atoms with Gasteiger partial charge in [0.1, 0.15) is 0 Å². The van der Waals surface area contributed by atoms with Gasteiger partial charge in [0, 0.05) is 11.6 Å². The van der Waals surface area contributed by atoms with E-state index < -0.39 is 33.6 Å². The average molecular weight is 287 g/mol. The van der Waals surface area contributed by atoms with Crippen molar-refractivity contribution in [2.45, 2.75) is 20.0 Å². The second-order valence-electron chi connectivity index (χ2n) is 4.29. The first kappa shape index (κ1) is 14.0. The van der Waals surface area contributed by atoms with E-state index in [9.17, 15) is 28.1 Å². The van der Waals surface area contributed by atoms with Gasteiger partial charge in [-0.05, 0) is 25.5 Å². The van der Waals surface area contributed by atoms with Crippen LogP contribution in [-0.2, 0) is 6.18 Å². The van der Waals surface area contributed by atoms with Gasteiger partial charge in [-0.25, -0.2) is 0 Å². The third kappa shape index (κ3) is 2.13. The Morgan fingerprint density at radius 1 is 1.20 bits per heavy atom. The van der Waals surface area contributed by atoms with Crippen molar-refractivity contribution in [1.29, 1.82) is 0 Å². The molecule has 0 saturated carbocycles. The molecule has 20 heavy (non-hydrogen) atoms. The van der Waals surface area contributed by atoms with Crippen molar-refractivity contribution in [2.24, 2.45) is 0 Å². The molecule has 1 heterocycles. The fourth-order valence-electron chi connectivity index (χ4n) is 2.04. The number of hydrogen-bond acceptors (Lipinski definition) is 4. The third-order valence-corrected chi connectivity index (χ3v) is 2.83. The SMILES string of the molecule is Cc1cc(C)c2c(=O)cc(C(F)(F)F)oc2c1[N+](=O)[O-]. The van der Waals surface area contributed by atoms with Crippen LogP contribution in [0.4, 0.5) is 18.9 Å². The summed E-state index contributed by atoms with van der Waals surface area (Å²) in [6, 6.07) is 1.67. The Balaban J connectivity index is 3.04. The molecule has 0 saturated heterocycles. The molecule has 0 aliphatic heterocycles. The molecule has 8 heteroatoms.